The first-order chi connectivity index (χ1) is 6.72. The lowest BCUT2D eigenvalue weighted by Gasteiger charge is -1.96. The molecule has 2 aromatic heterocycles. The Bertz CT molecular complexity index is 492. The molecule has 6 nitrogen and oxygen atoms in total. The number of rotatable bonds is 2. The average molecular weight is 197 g/mol. The van der Waals surface area contributed by atoms with Crippen LogP contribution in [0.3, 0.4) is 0 Å². The van der Waals surface area contributed by atoms with E-state index < -0.39 is 5.76 Å². The Balaban J connectivity index is 2.59. The number of furan rings is 1. The van der Waals surface area contributed by atoms with E-state index in [0.29, 0.717) is 5.75 Å². The van der Waals surface area contributed by atoms with Crippen LogP contribution in [0.2, 0.25) is 0 Å². The van der Waals surface area contributed by atoms with Gasteiger partial charge in [0.2, 0.25) is 17.4 Å². The van der Waals surface area contributed by atoms with E-state index in [0.717, 1.165) is 0 Å². The molecule has 0 fully saturated rings. The maximum absolute atomic E-state index is 10.7. The van der Waals surface area contributed by atoms with E-state index in [1.807, 2.05) is 0 Å². The normalized spacial score (nSPS) is 10.4. The van der Waals surface area contributed by atoms with Gasteiger partial charge in [0, 0.05) is 6.07 Å². The lowest BCUT2D eigenvalue weighted by atomic mass is 10.3. The Morgan fingerprint density at radius 3 is 2.86 bits per heavy atom. The third kappa shape index (κ3) is 1.17. The molecule has 0 saturated heterocycles. The third-order valence-corrected chi connectivity index (χ3v) is 1.69. The van der Waals surface area contributed by atoms with Gasteiger partial charge in [-0.1, -0.05) is 0 Å². The molecule has 2 rings (SSSR count). The van der Waals surface area contributed by atoms with Crippen LogP contribution in [0, 0.1) is 0 Å². The van der Waals surface area contributed by atoms with Gasteiger partial charge in [0.1, 0.15) is 0 Å². The smallest absolute Gasteiger partial charge is 0.419 e. The Hall–Kier alpha value is -2.11. The first-order valence-electron chi connectivity index (χ1n) is 3.76. The van der Waals surface area contributed by atoms with Crippen molar-refractivity contribution in [3.8, 4) is 23.1 Å². The summed E-state index contributed by atoms with van der Waals surface area (Å²) in [4.78, 5) is 12.8. The first kappa shape index (κ1) is 8.49. The van der Waals surface area contributed by atoms with Gasteiger partial charge in [-0.15, -0.1) is 0 Å². The molecule has 14 heavy (non-hydrogen) atoms. The second-order valence-electron chi connectivity index (χ2n) is 2.51. The number of aromatic amines is 1. The first-order valence-corrected chi connectivity index (χ1v) is 3.76. The molecule has 0 spiro atoms. The van der Waals surface area contributed by atoms with Crippen molar-refractivity contribution in [1.29, 1.82) is 0 Å². The minimum absolute atomic E-state index is 0.0724. The summed E-state index contributed by atoms with van der Waals surface area (Å²) in [5.74, 6) is -0.664. The van der Waals surface area contributed by atoms with Gasteiger partial charge in [-0.3, -0.25) is 4.98 Å². The van der Waals surface area contributed by atoms with Gasteiger partial charge in [0.05, 0.1) is 13.4 Å². The molecule has 74 valence electrons. The van der Waals surface area contributed by atoms with Gasteiger partial charge in [-0.05, 0) is 0 Å². The van der Waals surface area contributed by atoms with Crippen LogP contribution in [0.5, 0.6) is 11.6 Å². The zero-order valence-corrected chi connectivity index (χ0v) is 7.23. The van der Waals surface area contributed by atoms with Crippen molar-refractivity contribution in [2.45, 2.75) is 0 Å². The Morgan fingerprint density at radius 2 is 2.29 bits per heavy atom. The molecule has 0 radical (unpaired) electrons. The molecular formula is C8H7NO5. The Kier molecular flexibility index (Phi) is 1.81. The van der Waals surface area contributed by atoms with Crippen molar-refractivity contribution >= 4 is 0 Å². The number of ether oxygens (including phenoxy) is 1. The highest BCUT2D eigenvalue weighted by molar-refractivity contribution is 5.62. The van der Waals surface area contributed by atoms with E-state index in [4.69, 9.17) is 9.15 Å². The summed E-state index contributed by atoms with van der Waals surface area (Å²) < 4.78 is 14.6. The van der Waals surface area contributed by atoms with Crippen LogP contribution in [-0.4, -0.2) is 17.2 Å². The zero-order valence-electron chi connectivity index (χ0n) is 7.23. The van der Waals surface area contributed by atoms with Gasteiger partial charge in [-0.25, -0.2) is 4.79 Å². The quantitative estimate of drug-likeness (QED) is 0.747. The largest absolute Gasteiger partial charge is 0.493 e. The Morgan fingerprint density at radius 1 is 1.50 bits per heavy atom. The van der Waals surface area contributed by atoms with E-state index in [-0.39, 0.29) is 17.4 Å². The zero-order chi connectivity index (χ0) is 10.1. The van der Waals surface area contributed by atoms with Crippen molar-refractivity contribution in [2.24, 2.45) is 0 Å². The molecule has 0 bridgehead atoms. The fourth-order valence-corrected chi connectivity index (χ4v) is 1.10. The lowest BCUT2D eigenvalue weighted by molar-refractivity contribution is 0.400. The molecule has 0 unspecified atom stereocenters. The molecule has 0 aliphatic carbocycles. The minimum atomic E-state index is -0.754. The van der Waals surface area contributed by atoms with Crippen LogP contribution in [0.15, 0.2) is 26.0 Å². The molecule has 2 aromatic rings. The van der Waals surface area contributed by atoms with Crippen LogP contribution in [0.1, 0.15) is 0 Å². The van der Waals surface area contributed by atoms with E-state index in [9.17, 15) is 9.90 Å². The fourth-order valence-electron chi connectivity index (χ4n) is 1.10. The van der Waals surface area contributed by atoms with Crippen LogP contribution >= 0.6 is 0 Å². The summed E-state index contributed by atoms with van der Waals surface area (Å²) in [6.07, 6.45) is 1.36. The van der Waals surface area contributed by atoms with Gasteiger partial charge >= 0.3 is 5.76 Å². The Labute approximate surface area is 77.7 Å². The monoisotopic (exact) mass is 197 g/mol. The average Bonchev–Trinajstić information content (AvgIpc) is 2.71. The van der Waals surface area contributed by atoms with Crippen molar-refractivity contribution in [3.05, 3.63) is 22.9 Å². The van der Waals surface area contributed by atoms with Crippen molar-refractivity contribution in [2.75, 3.05) is 7.11 Å². The lowest BCUT2D eigenvalue weighted by Crippen LogP contribution is -1.92. The van der Waals surface area contributed by atoms with Crippen molar-refractivity contribution < 1.29 is 18.7 Å². The number of aromatic nitrogens is 1. The van der Waals surface area contributed by atoms with E-state index in [1.165, 1.54) is 13.4 Å². The van der Waals surface area contributed by atoms with E-state index in [2.05, 4.69) is 9.40 Å². The minimum Gasteiger partial charge on any atom is -0.493 e. The molecule has 2 heterocycles. The summed E-state index contributed by atoms with van der Waals surface area (Å²) >= 11 is 0. The molecule has 6 heteroatoms. The van der Waals surface area contributed by atoms with E-state index >= 15 is 0 Å². The second kappa shape index (κ2) is 2.99. The predicted octanol–water partition coefficient (Wildman–Crippen LogP) is 0.942. The van der Waals surface area contributed by atoms with Crippen LogP contribution in [-0.2, 0) is 0 Å². The highest BCUT2D eigenvalue weighted by Gasteiger charge is 2.19. The fraction of sp³-hybridized carbons (Fsp3) is 0.125. The highest BCUT2D eigenvalue weighted by Crippen LogP contribution is 2.34. The van der Waals surface area contributed by atoms with Crippen LogP contribution in [0.25, 0.3) is 11.5 Å². The third-order valence-electron chi connectivity index (χ3n) is 1.69. The number of methoxy groups -OCH3 is 1. The second-order valence-corrected chi connectivity index (χ2v) is 2.51. The van der Waals surface area contributed by atoms with Crippen molar-refractivity contribution in [3.63, 3.8) is 0 Å². The summed E-state index contributed by atoms with van der Waals surface area (Å²) in [5.41, 5.74) is 0. The number of H-pyrrole nitrogens is 1. The summed E-state index contributed by atoms with van der Waals surface area (Å²) in [7, 11) is 1.44. The van der Waals surface area contributed by atoms with Gasteiger partial charge in [0.25, 0.3) is 0 Å². The van der Waals surface area contributed by atoms with E-state index in [1.54, 1.807) is 6.07 Å². The summed E-state index contributed by atoms with van der Waals surface area (Å²) in [6, 6.07) is 1.54. The topological polar surface area (TPSA) is 88.6 Å². The van der Waals surface area contributed by atoms with Gasteiger partial charge < -0.3 is 18.7 Å². The summed E-state index contributed by atoms with van der Waals surface area (Å²) in [6.45, 7) is 0. The van der Waals surface area contributed by atoms with Crippen LogP contribution in [0.4, 0.5) is 0 Å². The number of nitrogens with one attached hydrogen (secondary N) is 1. The highest BCUT2D eigenvalue weighted by atomic mass is 16.5. The maximum atomic E-state index is 10.7. The molecule has 0 atom stereocenters. The molecule has 0 aromatic carbocycles. The maximum Gasteiger partial charge on any atom is 0.419 e. The molecule has 0 aliphatic rings. The molecule has 2 N–H and O–H groups in total. The number of aromatic hydroxyl groups is 1. The molecule has 0 aliphatic heterocycles. The summed E-state index contributed by atoms with van der Waals surface area (Å²) in [5, 5.41) is 9.26. The number of oxazole rings is 1. The number of hydrogen-bond acceptors (Lipinski definition) is 5. The molecular weight excluding hydrogens is 190 g/mol. The number of hydrogen-bond donors (Lipinski definition) is 2. The van der Waals surface area contributed by atoms with Crippen molar-refractivity contribution in [1.82, 2.24) is 4.98 Å². The molecule has 0 saturated carbocycles. The standard InChI is InChI=1S/C8H7NO5/c1-12-4-2-3-13-5(4)6-7(10)9-8(11)14-6/h2-3,10H,1H3,(H,9,11). The van der Waals surface area contributed by atoms with Gasteiger partial charge in [-0.2, -0.15) is 0 Å². The molecule has 0 amide bonds. The SMILES string of the molecule is COc1ccoc1-c1oc(=O)[nH]c1O. The predicted molar refractivity (Wildman–Crippen MR) is 45.2 cm³/mol. The van der Waals surface area contributed by atoms with Crippen LogP contribution < -0.4 is 10.5 Å². The van der Waals surface area contributed by atoms with Gasteiger partial charge in [0.15, 0.2) is 5.75 Å².